The summed E-state index contributed by atoms with van der Waals surface area (Å²) in [5.74, 6) is -0.511. The smallest absolute Gasteiger partial charge is 0.310 e. The molecule has 1 aliphatic rings. The summed E-state index contributed by atoms with van der Waals surface area (Å²) >= 11 is 0. The molecule has 0 bridgehead atoms. The fraction of sp³-hybridized carbons (Fsp3) is 0.375. The van der Waals surface area contributed by atoms with E-state index in [1.807, 2.05) is 0 Å². The Labute approximate surface area is 127 Å². The summed E-state index contributed by atoms with van der Waals surface area (Å²) in [6.45, 7) is 1.27. The summed E-state index contributed by atoms with van der Waals surface area (Å²) in [6.07, 6.45) is 3.51. The Kier molecular flexibility index (Phi) is 4.00. The lowest BCUT2D eigenvalue weighted by molar-refractivity contribution is -0.151. The first-order valence-corrected chi connectivity index (χ1v) is 7.26. The number of esters is 1. The second kappa shape index (κ2) is 6.09. The number of carbonyl (C=O) groups is 2. The quantitative estimate of drug-likeness (QED) is 0.872. The van der Waals surface area contributed by atoms with Crippen molar-refractivity contribution in [3.8, 4) is 5.75 Å². The first-order chi connectivity index (χ1) is 10.6. The molecule has 0 unspecified atom stereocenters. The van der Waals surface area contributed by atoms with E-state index in [9.17, 15) is 14.7 Å². The Morgan fingerprint density at radius 2 is 2.05 bits per heavy atom. The van der Waals surface area contributed by atoms with Gasteiger partial charge in [0.05, 0.1) is 12.7 Å². The van der Waals surface area contributed by atoms with E-state index in [2.05, 4.69) is 0 Å². The number of rotatable bonds is 4. The minimum atomic E-state index is -0.469. The summed E-state index contributed by atoms with van der Waals surface area (Å²) in [7, 11) is 0. The molecule has 3 rings (SSSR count). The Hall–Kier alpha value is -2.50. The SMILES string of the molecule is O=C(Cc1coc2cc(O)ccc12)OCC(=O)N1CCCC1. The third-order valence-corrected chi connectivity index (χ3v) is 3.79. The number of likely N-dealkylation sites (tertiary alicyclic amines) is 1. The van der Waals surface area contributed by atoms with Gasteiger partial charge in [-0.1, -0.05) is 0 Å². The number of amides is 1. The molecule has 2 aromatic rings. The van der Waals surface area contributed by atoms with Gasteiger partial charge in [0.15, 0.2) is 6.61 Å². The van der Waals surface area contributed by atoms with Crippen molar-refractivity contribution in [2.75, 3.05) is 19.7 Å². The monoisotopic (exact) mass is 303 g/mol. The van der Waals surface area contributed by atoms with E-state index in [0.29, 0.717) is 11.1 Å². The third-order valence-electron chi connectivity index (χ3n) is 3.79. The molecule has 1 aromatic heterocycles. The number of aromatic hydroxyl groups is 1. The number of hydrogen-bond donors (Lipinski definition) is 1. The molecular formula is C16H17NO5. The van der Waals surface area contributed by atoms with Crippen LogP contribution in [0.3, 0.4) is 0 Å². The van der Waals surface area contributed by atoms with Gasteiger partial charge >= 0.3 is 5.97 Å². The fourth-order valence-corrected chi connectivity index (χ4v) is 2.62. The second-order valence-corrected chi connectivity index (χ2v) is 5.37. The van der Waals surface area contributed by atoms with Crippen LogP contribution in [0, 0.1) is 0 Å². The molecule has 0 radical (unpaired) electrons. The van der Waals surface area contributed by atoms with Crippen LogP contribution in [-0.2, 0) is 20.7 Å². The average Bonchev–Trinajstić information content (AvgIpc) is 3.15. The van der Waals surface area contributed by atoms with Gasteiger partial charge in [-0.25, -0.2) is 0 Å². The molecule has 2 heterocycles. The van der Waals surface area contributed by atoms with Crippen molar-refractivity contribution in [3.63, 3.8) is 0 Å². The van der Waals surface area contributed by atoms with Gasteiger partial charge in [0.1, 0.15) is 11.3 Å². The number of hydrogen-bond acceptors (Lipinski definition) is 5. The van der Waals surface area contributed by atoms with E-state index >= 15 is 0 Å². The van der Waals surface area contributed by atoms with Crippen LogP contribution in [0.1, 0.15) is 18.4 Å². The first kappa shape index (κ1) is 14.4. The van der Waals surface area contributed by atoms with Gasteiger partial charge < -0.3 is 19.2 Å². The lowest BCUT2D eigenvalue weighted by atomic mass is 10.1. The second-order valence-electron chi connectivity index (χ2n) is 5.37. The molecule has 116 valence electrons. The minimum absolute atomic E-state index is 0.0328. The Morgan fingerprint density at radius 3 is 2.82 bits per heavy atom. The summed E-state index contributed by atoms with van der Waals surface area (Å²) in [6, 6.07) is 4.71. The van der Waals surface area contributed by atoms with E-state index in [1.165, 1.54) is 18.4 Å². The van der Waals surface area contributed by atoms with Gasteiger partial charge in [-0.2, -0.15) is 0 Å². The Morgan fingerprint density at radius 1 is 1.27 bits per heavy atom. The Bertz CT molecular complexity index is 700. The zero-order valence-corrected chi connectivity index (χ0v) is 12.1. The maximum absolute atomic E-state index is 11.9. The molecule has 0 atom stereocenters. The third kappa shape index (κ3) is 3.05. The predicted octanol–water partition coefficient (Wildman–Crippen LogP) is 1.85. The van der Waals surface area contributed by atoms with Crippen molar-refractivity contribution >= 4 is 22.8 Å². The lowest BCUT2D eigenvalue weighted by Crippen LogP contribution is -2.32. The molecule has 0 spiro atoms. The topological polar surface area (TPSA) is 80.0 Å². The normalized spacial score (nSPS) is 14.5. The van der Waals surface area contributed by atoms with Gasteiger partial charge in [-0.15, -0.1) is 0 Å². The zero-order valence-electron chi connectivity index (χ0n) is 12.1. The predicted molar refractivity (Wildman–Crippen MR) is 78.4 cm³/mol. The van der Waals surface area contributed by atoms with Crippen molar-refractivity contribution in [3.05, 3.63) is 30.0 Å². The lowest BCUT2D eigenvalue weighted by Gasteiger charge is -2.14. The maximum Gasteiger partial charge on any atom is 0.310 e. The van der Waals surface area contributed by atoms with Crippen molar-refractivity contribution in [2.45, 2.75) is 19.3 Å². The van der Waals surface area contributed by atoms with E-state index in [-0.39, 0.29) is 24.7 Å². The molecule has 0 saturated carbocycles. The van der Waals surface area contributed by atoms with E-state index in [4.69, 9.17) is 9.15 Å². The highest BCUT2D eigenvalue weighted by Gasteiger charge is 2.19. The molecule has 1 aromatic carbocycles. The number of ether oxygens (including phenoxy) is 1. The van der Waals surface area contributed by atoms with Crippen molar-refractivity contribution < 1.29 is 23.8 Å². The van der Waals surface area contributed by atoms with Gasteiger partial charge in [0.2, 0.25) is 0 Å². The number of benzene rings is 1. The van der Waals surface area contributed by atoms with Crippen LogP contribution in [-0.4, -0.2) is 41.6 Å². The highest BCUT2D eigenvalue weighted by molar-refractivity contribution is 5.87. The highest BCUT2D eigenvalue weighted by atomic mass is 16.5. The zero-order chi connectivity index (χ0) is 15.5. The van der Waals surface area contributed by atoms with Gasteiger partial charge in [-0.05, 0) is 25.0 Å². The summed E-state index contributed by atoms with van der Waals surface area (Å²) < 4.78 is 10.3. The van der Waals surface area contributed by atoms with Crippen LogP contribution < -0.4 is 0 Å². The first-order valence-electron chi connectivity index (χ1n) is 7.26. The van der Waals surface area contributed by atoms with E-state index in [0.717, 1.165) is 31.3 Å². The molecule has 6 heteroatoms. The molecule has 1 amide bonds. The van der Waals surface area contributed by atoms with Crippen molar-refractivity contribution in [2.24, 2.45) is 0 Å². The van der Waals surface area contributed by atoms with E-state index < -0.39 is 5.97 Å². The number of fused-ring (bicyclic) bond motifs is 1. The van der Waals surface area contributed by atoms with Crippen molar-refractivity contribution in [1.82, 2.24) is 4.90 Å². The van der Waals surface area contributed by atoms with E-state index in [1.54, 1.807) is 11.0 Å². The van der Waals surface area contributed by atoms with Gasteiger partial charge in [0.25, 0.3) is 5.91 Å². The average molecular weight is 303 g/mol. The van der Waals surface area contributed by atoms with Crippen LogP contribution in [0.5, 0.6) is 5.75 Å². The summed E-state index contributed by atoms with van der Waals surface area (Å²) in [5.41, 5.74) is 1.18. The number of phenolic OH excluding ortho intramolecular Hbond substituents is 1. The standard InChI is InChI=1S/C16H17NO5/c18-12-3-4-13-11(9-21-14(13)8-12)7-16(20)22-10-15(19)17-5-1-2-6-17/h3-4,8-9,18H,1-2,5-7,10H2. The van der Waals surface area contributed by atoms with Gasteiger partial charge in [0, 0.05) is 30.1 Å². The number of furan rings is 1. The number of carbonyl (C=O) groups excluding carboxylic acids is 2. The fourth-order valence-electron chi connectivity index (χ4n) is 2.62. The highest BCUT2D eigenvalue weighted by Crippen LogP contribution is 2.25. The molecule has 1 N–H and O–H groups in total. The molecule has 1 fully saturated rings. The Balaban J connectivity index is 1.57. The summed E-state index contributed by atoms with van der Waals surface area (Å²) in [4.78, 5) is 25.4. The van der Waals surface area contributed by atoms with Crippen LogP contribution in [0.4, 0.5) is 0 Å². The minimum Gasteiger partial charge on any atom is -0.508 e. The molecule has 22 heavy (non-hydrogen) atoms. The van der Waals surface area contributed by atoms with Crippen molar-refractivity contribution in [1.29, 1.82) is 0 Å². The molecule has 6 nitrogen and oxygen atoms in total. The van der Waals surface area contributed by atoms with Crippen LogP contribution in [0.25, 0.3) is 11.0 Å². The molecule has 1 aliphatic heterocycles. The van der Waals surface area contributed by atoms with Gasteiger partial charge in [-0.3, -0.25) is 9.59 Å². The summed E-state index contributed by atoms with van der Waals surface area (Å²) in [5, 5.41) is 10.1. The number of phenols is 1. The maximum atomic E-state index is 11.9. The molecular weight excluding hydrogens is 286 g/mol. The largest absolute Gasteiger partial charge is 0.508 e. The molecule has 0 aliphatic carbocycles. The van der Waals surface area contributed by atoms with Crippen LogP contribution in [0.15, 0.2) is 28.9 Å². The number of nitrogens with zero attached hydrogens (tertiary/aromatic N) is 1. The van der Waals surface area contributed by atoms with Crippen LogP contribution in [0.2, 0.25) is 0 Å². The molecule has 1 saturated heterocycles. The van der Waals surface area contributed by atoms with Crippen LogP contribution >= 0.6 is 0 Å².